The number of benzene rings is 1. The average Bonchev–Trinajstić information content (AvgIpc) is 2.30. The summed E-state index contributed by atoms with van der Waals surface area (Å²) in [4.78, 5) is 11.5. The lowest BCUT2D eigenvalue weighted by Crippen LogP contribution is -2.14. The van der Waals surface area contributed by atoms with Gasteiger partial charge in [-0.25, -0.2) is 0 Å². The maximum absolute atomic E-state index is 11.5. The Balaban J connectivity index is 2.21. The highest BCUT2D eigenvalue weighted by Gasteiger charge is 2.23. The van der Waals surface area contributed by atoms with Crippen LogP contribution in [0.4, 0.5) is 0 Å². The minimum absolute atomic E-state index is 0.365. The van der Waals surface area contributed by atoms with Gasteiger partial charge in [0.1, 0.15) is 11.5 Å². The summed E-state index contributed by atoms with van der Waals surface area (Å²) in [5, 5.41) is 0. The Bertz CT molecular complexity index is 371. The van der Waals surface area contributed by atoms with Crippen molar-refractivity contribution in [1.29, 1.82) is 0 Å². The summed E-state index contributed by atoms with van der Waals surface area (Å²) in [6.45, 7) is 2.67. The number of ether oxygens (including phenoxy) is 1. The monoisotopic (exact) mass is 218 g/mol. The quantitative estimate of drug-likeness (QED) is 0.778. The molecule has 1 aliphatic rings. The van der Waals surface area contributed by atoms with Crippen LogP contribution in [0, 0.1) is 0 Å². The van der Waals surface area contributed by atoms with Crippen LogP contribution >= 0.6 is 0 Å². The molecule has 1 fully saturated rings. The fourth-order valence-corrected chi connectivity index (χ4v) is 2.39. The number of para-hydroxylation sites is 1. The van der Waals surface area contributed by atoms with Gasteiger partial charge < -0.3 is 4.74 Å². The molecule has 2 heteroatoms. The van der Waals surface area contributed by atoms with Gasteiger partial charge in [0, 0.05) is 12.8 Å². The van der Waals surface area contributed by atoms with E-state index in [1.165, 1.54) is 5.56 Å². The van der Waals surface area contributed by atoms with Crippen molar-refractivity contribution in [2.45, 2.75) is 38.5 Å². The third kappa shape index (κ3) is 2.43. The van der Waals surface area contributed by atoms with Crippen molar-refractivity contribution in [2.24, 2.45) is 0 Å². The molecule has 1 unspecified atom stereocenters. The molecule has 0 amide bonds. The van der Waals surface area contributed by atoms with E-state index >= 15 is 0 Å². The first-order valence-electron chi connectivity index (χ1n) is 6.04. The van der Waals surface area contributed by atoms with Crippen LogP contribution < -0.4 is 4.74 Å². The second-order valence-electron chi connectivity index (χ2n) is 4.30. The molecule has 0 spiro atoms. The molecule has 0 aliphatic heterocycles. The van der Waals surface area contributed by atoms with Crippen molar-refractivity contribution in [1.82, 2.24) is 0 Å². The van der Waals surface area contributed by atoms with Crippen LogP contribution in [-0.2, 0) is 4.79 Å². The van der Waals surface area contributed by atoms with Gasteiger partial charge in [0.15, 0.2) is 0 Å². The molecule has 0 heterocycles. The SMILES string of the molecule is CCOc1ccccc1C1CCCC(=O)C1. The van der Waals surface area contributed by atoms with E-state index in [-0.39, 0.29) is 0 Å². The molecule has 2 rings (SSSR count). The number of rotatable bonds is 3. The van der Waals surface area contributed by atoms with Gasteiger partial charge in [-0.3, -0.25) is 4.79 Å². The normalized spacial score (nSPS) is 20.8. The number of carbonyl (C=O) groups excluding carboxylic acids is 1. The first-order valence-corrected chi connectivity index (χ1v) is 6.04. The summed E-state index contributed by atoms with van der Waals surface area (Å²) in [5.41, 5.74) is 1.21. The van der Waals surface area contributed by atoms with Crippen LogP contribution in [-0.4, -0.2) is 12.4 Å². The number of carbonyl (C=O) groups is 1. The van der Waals surface area contributed by atoms with E-state index < -0.39 is 0 Å². The third-order valence-corrected chi connectivity index (χ3v) is 3.14. The predicted octanol–water partition coefficient (Wildman–Crippen LogP) is 3.31. The maximum atomic E-state index is 11.5. The van der Waals surface area contributed by atoms with E-state index in [0.717, 1.165) is 25.0 Å². The summed E-state index contributed by atoms with van der Waals surface area (Å²) in [6, 6.07) is 8.10. The van der Waals surface area contributed by atoms with Gasteiger partial charge in [0.2, 0.25) is 0 Å². The Labute approximate surface area is 96.6 Å². The molecule has 86 valence electrons. The topological polar surface area (TPSA) is 26.3 Å². The lowest BCUT2D eigenvalue weighted by atomic mass is 9.83. The Hall–Kier alpha value is -1.31. The Morgan fingerprint density at radius 1 is 1.38 bits per heavy atom. The third-order valence-electron chi connectivity index (χ3n) is 3.14. The molecule has 0 radical (unpaired) electrons. The van der Waals surface area contributed by atoms with Crippen LogP contribution in [0.25, 0.3) is 0 Å². The summed E-state index contributed by atoms with van der Waals surface area (Å²) in [5.74, 6) is 1.70. The van der Waals surface area contributed by atoms with Gasteiger partial charge in [0.05, 0.1) is 6.61 Å². The van der Waals surface area contributed by atoms with Gasteiger partial charge in [-0.2, -0.15) is 0 Å². The van der Waals surface area contributed by atoms with Crippen molar-refractivity contribution in [3.8, 4) is 5.75 Å². The first-order chi connectivity index (χ1) is 7.81. The summed E-state index contributed by atoms with van der Waals surface area (Å²) in [6.07, 6.45) is 3.57. The van der Waals surface area contributed by atoms with Crippen molar-refractivity contribution >= 4 is 5.78 Å². The molecule has 0 aromatic heterocycles. The minimum Gasteiger partial charge on any atom is -0.494 e. The number of Topliss-reactive ketones (excluding diaryl/α,β-unsaturated/α-hetero) is 1. The largest absolute Gasteiger partial charge is 0.494 e. The van der Waals surface area contributed by atoms with E-state index in [4.69, 9.17) is 4.74 Å². The Morgan fingerprint density at radius 3 is 2.94 bits per heavy atom. The van der Waals surface area contributed by atoms with Gasteiger partial charge in [0.25, 0.3) is 0 Å². The average molecular weight is 218 g/mol. The minimum atomic E-state index is 0.365. The van der Waals surface area contributed by atoms with E-state index in [1.54, 1.807) is 0 Å². The summed E-state index contributed by atoms with van der Waals surface area (Å²) < 4.78 is 5.61. The van der Waals surface area contributed by atoms with E-state index in [0.29, 0.717) is 24.7 Å². The number of ketones is 1. The molecule has 0 N–H and O–H groups in total. The highest BCUT2D eigenvalue weighted by atomic mass is 16.5. The molecule has 16 heavy (non-hydrogen) atoms. The zero-order valence-electron chi connectivity index (χ0n) is 9.74. The molecule has 0 saturated heterocycles. The predicted molar refractivity (Wildman–Crippen MR) is 63.8 cm³/mol. The molecule has 2 nitrogen and oxygen atoms in total. The number of hydrogen-bond donors (Lipinski definition) is 0. The summed E-state index contributed by atoms with van der Waals surface area (Å²) >= 11 is 0. The molecule has 0 bridgehead atoms. The molecular formula is C14H18O2. The van der Waals surface area contributed by atoms with Crippen LogP contribution in [0.1, 0.15) is 44.1 Å². The molecular weight excluding hydrogens is 200 g/mol. The van der Waals surface area contributed by atoms with Crippen molar-refractivity contribution in [3.05, 3.63) is 29.8 Å². The summed E-state index contributed by atoms with van der Waals surface area (Å²) in [7, 11) is 0. The second-order valence-corrected chi connectivity index (χ2v) is 4.30. The fourth-order valence-electron chi connectivity index (χ4n) is 2.39. The lowest BCUT2D eigenvalue weighted by Gasteiger charge is -2.23. The van der Waals surface area contributed by atoms with Crippen molar-refractivity contribution in [3.63, 3.8) is 0 Å². The van der Waals surface area contributed by atoms with E-state index in [9.17, 15) is 4.79 Å². The Kier molecular flexibility index (Phi) is 3.60. The van der Waals surface area contributed by atoms with Crippen LogP contribution in [0.2, 0.25) is 0 Å². The molecule has 1 aromatic rings. The highest BCUT2D eigenvalue weighted by molar-refractivity contribution is 5.80. The molecule has 1 aliphatic carbocycles. The van der Waals surface area contributed by atoms with Crippen molar-refractivity contribution in [2.75, 3.05) is 6.61 Å². The van der Waals surface area contributed by atoms with E-state index in [2.05, 4.69) is 6.07 Å². The van der Waals surface area contributed by atoms with Crippen LogP contribution in [0.3, 0.4) is 0 Å². The van der Waals surface area contributed by atoms with Crippen LogP contribution in [0.5, 0.6) is 5.75 Å². The van der Waals surface area contributed by atoms with Gasteiger partial charge >= 0.3 is 0 Å². The molecule has 1 atom stereocenters. The van der Waals surface area contributed by atoms with Gasteiger partial charge in [-0.05, 0) is 37.3 Å². The zero-order chi connectivity index (χ0) is 11.4. The van der Waals surface area contributed by atoms with Crippen molar-refractivity contribution < 1.29 is 9.53 Å². The first kappa shape index (κ1) is 11.2. The number of hydrogen-bond acceptors (Lipinski definition) is 2. The Morgan fingerprint density at radius 2 is 2.19 bits per heavy atom. The second kappa shape index (κ2) is 5.15. The molecule has 1 saturated carbocycles. The van der Waals surface area contributed by atoms with Gasteiger partial charge in [-0.15, -0.1) is 0 Å². The van der Waals surface area contributed by atoms with E-state index in [1.807, 2.05) is 25.1 Å². The fraction of sp³-hybridized carbons (Fsp3) is 0.500. The highest BCUT2D eigenvalue weighted by Crippen LogP contribution is 2.35. The van der Waals surface area contributed by atoms with Crippen LogP contribution in [0.15, 0.2) is 24.3 Å². The smallest absolute Gasteiger partial charge is 0.133 e. The standard InChI is InChI=1S/C14H18O2/c1-2-16-14-9-4-3-8-13(14)11-6-5-7-12(15)10-11/h3-4,8-9,11H,2,5-7,10H2,1H3. The maximum Gasteiger partial charge on any atom is 0.133 e. The zero-order valence-corrected chi connectivity index (χ0v) is 9.74. The lowest BCUT2D eigenvalue weighted by molar-refractivity contribution is -0.120. The molecule has 1 aromatic carbocycles. The van der Waals surface area contributed by atoms with Gasteiger partial charge in [-0.1, -0.05) is 18.2 Å².